The fourth-order valence-corrected chi connectivity index (χ4v) is 5.07. The Morgan fingerprint density at radius 1 is 1.03 bits per heavy atom. The van der Waals surface area contributed by atoms with Crippen LogP contribution in [0.1, 0.15) is 22.9 Å². The zero-order valence-corrected chi connectivity index (χ0v) is 21.6. The molecule has 2 aliphatic rings. The van der Waals surface area contributed by atoms with Gasteiger partial charge in [0.25, 0.3) is 5.91 Å². The van der Waals surface area contributed by atoms with Crippen LogP contribution in [0, 0.1) is 0 Å². The van der Waals surface area contributed by atoms with Crippen molar-refractivity contribution in [1.82, 2.24) is 19.7 Å². The highest BCUT2D eigenvalue weighted by Gasteiger charge is 2.35. The van der Waals surface area contributed by atoms with E-state index in [9.17, 15) is 9.59 Å². The molecule has 0 saturated carbocycles. The number of nitrogens with zero attached hydrogens (tertiary/aromatic N) is 5. The lowest BCUT2D eigenvalue weighted by molar-refractivity contribution is -0.135. The third-order valence-corrected chi connectivity index (χ3v) is 7.36. The fraction of sp³-hybridized carbons (Fsp3) is 0.480. The molecule has 0 unspecified atom stereocenters. The van der Waals surface area contributed by atoms with Gasteiger partial charge in [0, 0.05) is 46.7 Å². The highest BCUT2D eigenvalue weighted by Crippen LogP contribution is 2.38. The summed E-state index contributed by atoms with van der Waals surface area (Å²) in [5.74, 6) is 1.34. The smallest absolute Gasteiger partial charge is 0.257 e. The molecular weight excluding hydrogens is 466 g/mol. The third kappa shape index (κ3) is 5.83. The van der Waals surface area contributed by atoms with Crippen LogP contribution in [0.3, 0.4) is 0 Å². The number of ether oxygens (including phenoxy) is 2. The highest BCUT2D eigenvalue weighted by molar-refractivity contribution is 7.12. The summed E-state index contributed by atoms with van der Waals surface area (Å²) in [6.45, 7) is 3.70. The number of carbonyl (C=O) groups is 2. The van der Waals surface area contributed by atoms with Gasteiger partial charge in [0.1, 0.15) is 0 Å². The first-order valence-corrected chi connectivity index (χ1v) is 12.6. The molecule has 0 spiro atoms. The Hall–Kier alpha value is -2.95. The number of carbonyl (C=O) groups excluding carboxylic acids is 2. The zero-order valence-electron chi connectivity index (χ0n) is 20.8. The predicted octanol–water partition coefficient (Wildman–Crippen LogP) is 2.15. The fourth-order valence-electron chi connectivity index (χ4n) is 4.35. The Morgan fingerprint density at radius 3 is 2.31 bits per heavy atom. The molecule has 1 aromatic carbocycles. The van der Waals surface area contributed by atoms with Crippen LogP contribution >= 0.6 is 11.3 Å². The van der Waals surface area contributed by atoms with E-state index in [1.807, 2.05) is 35.7 Å². The van der Waals surface area contributed by atoms with Crippen LogP contribution in [-0.2, 0) is 9.59 Å². The van der Waals surface area contributed by atoms with Gasteiger partial charge in [-0.25, -0.2) is 5.01 Å². The Labute approximate surface area is 210 Å². The van der Waals surface area contributed by atoms with E-state index in [-0.39, 0.29) is 17.9 Å². The van der Waals surface area contributed by atoms with Crippen molar-refractivity contribution >= 4 is 28.9 Å². The number of hydrogen-bond donors (Lipinski definition) is 0. The summed E-state index contributed by atoms with van der Waals surface area (Å²) < 4.78 is 10.9. The Morgan fingerprint density at radius 2 is 1.71 bits per heavy atom. The van der Waals surface area contributed by atoms with Crippen LogP contribution < -0.4 is 9.47 Å². The molecule has 0 bridgehead atoms. The minimum Gasteiger partial charge on any atom is -0.493 e. The molecule has 1 aromatic heterocycles. The Balaban J connectivity index is 1.47. The van der Waals surface area contributed by atoms with Crippen molar-refractivity contribution in [2.24, 2.45) is 5.10 Å². The highest BCUT2D eigenvalue weighted by atomic mass is 32.1. The molecule has 2 amide bonds. The second-order valence-electron chi connectivity index (χ2n) is 8.94. The van der Waals surface area contributed by atoms with Crippen molar-refractivity contribution in [3.63, 3.8) is 0 Å². The minimum atomic E-state index is -0.210. The Bertz CT molecular complexity index is 1060. The van der Waals surface area contributed by atoms with E-state index in [0.717, 1.165) is 42.3 Å². The third-order valence-electron chi connectivity index (χ3n) is 6.45. The van der Waals surface area contributed by atoms with Gasteiger partial charge in [0.05, 0.1) is 43.9 Å². The summed E-state index contributed by atoms with van der Waals surface area (Å²) in [5, 5.41) is 8.44. The van der Waals surface area contributed by atoms with Gasteiger partial charge >= 0.3 is 0 Å². The number of thiophene rings is 1. The van der Waals surface area contributed by atoms with Gasteiger partial charge in [-0.05, 0) is 29.1 Å². The lowest BCUT2D eigenvalue weighted by Gasteiger charge is -2.35. The maximum atomic E-state index is 13.5. The van der Waals surface area contributed by atoms with E-state index in [0.29, 0.717) is 31.0 Å². The Kier molecular flexibility index (Phi) is 8.04. The first kappa shape index (κ1) is 25.2. The number of hydrazone groups is 1. The number of likely N-dealkylation sites (N-methyl/N-ethyl adjacent to an activating group) is 1. The van der Waals surface area contributed by atoms with Crippen LogP contribution in [0.5, 0.6) is 11.5 Å². The molecule has 2 aliphatic heterocycles. The topological polar surface area (TPSA) is 77.9 Å². The van der Waals surface area contributed by atoms with Crippen molar-refractivity contribution in [3.8, 4) is 11.5 Å². The van der Waals surface area contributed by atoms with E-state index >= 15 is 0 Å². The van der Waals surface area contributed by atoms with Gasteiger partial charge in [-0.2, -0.15) is 5.10 Å². The lowest BCUT2D eigenvalue weighted by Crippen LogP contribution is -2.51. The van der Waals surface area contributed by atoms with Crippen LogP contribution in [0.15, 0.2) is 40.8 Å². The van der Waals surface area contributed by atoms with Gasteiger partial charge in [-0.15, -0.1) is 11.3 Å². The second-order valence-corrected chi connectivity index (χ2v) is 9.88. The van der Waals surface area contributed by atoms with E-state index in [1.54, 1.807) is 49.6 Å². The summed E-state index contributed by atoms with van der Waals surface area (Å²) in [5.41, 5.74) is 1.87. The molecule has 0 N–H and O–H groups in total. The van der Waals surface area contributed by atoms with E-state index in [2.05, 4.69) is 9.80 Å². The number of amides is 2. The van der Waals surface area contributed by atoms with E-state index < -0.39 is 0 Å². The zero-order chi connectivity index (χ0) is 24.9. The summed E-state index contributed by atoms with van der Waals surface area (Å²) >= 11 is 1.63. The van der Waals surface area contributed by atoms with Crippen molar-refractivity contribution < 1.29 is 19.1 Å². The number of piperazine rings is 1. The molecule has 1 saturated heterocycles. The monoisotopic (exact) mass is 499 g/mol. The summed E-state index contributed by atoms with van der Waals surface area (Å²) in [6, 6.07) is 9.60. The molecule has 4 rings (SSSR count). The average molecular weight is 500 g/mol. The van der Waals surface area contributed by atoms with Crippen LogP contribution in [-0.4, -0.2) is 105 Å². The average Bonchev–Trinajstić information content (AvgIpc) is 3.55. The molecule has 0 aliphatic carbocycles. The molecule has 3 heterocycles. The minimum absolute atomic E-state index is 0.0332. The SMILES string of the molecule is COc1ccc([C@@H]2CC(c3cccs3)=NN2C(=O)CN2CCN(CC(=O)N(C)C)CC2)cc1OC. The summed E-state index contributed by atoms with van der Waals surface area (Å²) in [7, 11) is 6.76. The molecule has 9 nitrogen and oxygen atoms in total. The molecule has 2 aromatic rings. The summed E-state index contributed by atoms with van der Waals surface area (Å²) in [4.78, 5) is 32.5. The maximum absolute atomic E-state index is 13.5. The standard InChI is InChI=1S/C25H33N5O4S/c1-27(2)24(31)16-28-9-11-29(12-10-28)17-25(32)30-20(15-19(26-30)23-6-5-13-35-23)18-7-8-21(33-3)22(14-18)34-4/h5-8,13-14,20H,9-12,15-17H2,1-4H3/t20-/m0/s1. The van der Waals surface area contributed by atoms with Crippen LogP contribution in [0.25, 0.3) is 0 Å². The van der Waals surface area contributed by atoms with Crippen LogP contribution in [0.4, 0.5) is 0 Å². The number of hydrogen-bond acceptors (Lipinski definition) is 8. The lowest BCUT2D eigenvalue weighted by atomic mass is 10.0. The largest absolute Gasteiger partial charge is 0.493 e. The van der Waals surface area contributed by atoms with Crippen LogP contribution in [0.2, 0.25) is 0 Å². The van der Waals surface area contributed by atoms with Crippen molar-refractivity contribution in [2.75, 3.05) is 67.6 Å². The number of methoxy groups -OCH3 is 2. The van der Waals surface area contributed by atoms with Gasteiger partial charge in [0.15, 0.2) is 11.5 Å². The second kappa shape index (κ2) is 11.2. The van der Waals surface area contributed by atoms with E-state index in [4.69, 9.17) is 14.6 Å². The number of benzene rings is 1. The van der Waals surface area contributed by atoms with Crippen molar-refractivity contribution in [2.45, 2.75) is 12.5 Å². The number of rotatable bonds is 8. The molecule has 1 atom stereocenters. The van der Waals surface area contributed by atoms with E-state index in [1.165, 1.54) is 0 Å². The molecule has 10 heteroatoms. The molecular formula is C25H33N5O4S. The first-order valence-electron chi connectivity index (χ1n) is 11.7. The maximum Gasteiger partial charge on any atom is 0.257 e. The normalized spacial score (nSPS) is 18.9. The van der Waals surface area contributed by atoms with Gasteiger partial charge in [-0.1, -0.05) is 12.1 Å². The quantitative estimate of drug-likeness (QED) is 0.554. The van der Waals surface area contributed by atoms with Crippen molar-refractivity contribution in [3.05, 3.63) is 46.2 Å². The molecule has 35 heavy (non-hydrogen) atoms. The molecule has 1 fully saturated rings. The molecule has 0 radical (unpaired) electrons. The first-order chi connectivity index (χ1) is 16.9. The van der Waals surface area contributed by atoms with Crippen molar-refractivity contribution in [1.29, 1.82) is 0 Å². The van der Waals surface area contributed by atoms with Gasteiger partial charge in [0.2, 0.25) is 5.91 Å². The van der Waals surface area contributed by atoms with Gasteiger partial charge in [-0.3, -0.25) is 19.4 Å². The molecule has 188 valence electrons. The predicted molar refractivity (Wildman–Crippen MR) is 136 cm³/mol. The summed E-state index contributed by atoms with van der Waals surface area (Å²) in [6.07, 6.45) is 0.641. The van der Waals surface area contributed by atoms with Gasteiger partial charge < -0.3 is 14.4 Å².